The normalized spacial score (nSPS) is 17.4. The minimum absolute atomic E-state index is 0.0525. The first kappa shape index (κ1) is 20.5. The van der Waals surface area contributed by atoms with Crippen molar-refractivity contribution in [3.63, 3.8) is 0 Å². The summed E-state index contributed by atoms with van der Waals surface area (Å²) in [5.74, 6) is 0.368. The van der Waals surface area contributed by atoms with Gasteiger partial charge in [-0.05, 0) is 36.2 Å². The molecule has 1 fully saturated rings. The molecule has 158 valence electrons. The highest BCUT2D eigenvalue weighted by Crippen LogP contribution is 2.30. The van der Waals surface area contributed by atoms with E-state index in [1.54, 1.807) is 48.3 Å². The highest BCUT2D eigenvalue weighted by atomic mass is 16.3. The molecule has 3 heterocycles. The molecule has 0 aliphatic carbocycles. The van der Waals surface area contributed by atoms with Crippen LogP contribution in [-0.2, 0) is 4.79 Å². The van der Waals surface area contributed by atoms with Crippen LogP contribution in [-0.4, -0.2) is 55.4 Å². The van der Waals surface area contributed by atoms with Gasteiger partial charge in [-0.15, -0.1) is 0 Å². The van der Waals surface area contributed by atoms with E-state index in [2.05, 4.69) is 21.5 Å². The topological polar surface area (TPSA) is 127 Å². The fraction of sp³-hybridized carbons (Fsp3) is 0.273. The zero-order chi connectivity index (χ0) is 22.0. The van der Waals surface area contributed by atoms with E-state index < -0.39 is 6.23 Å². The van der Waals surface area contributed by atoms with Crippen LogP contribution in [0.1, 0.15) is 30.2 Å². The fourth-order valence-electron chi connectivity index (χ4n) is 3.53. The molecule has 3 N–H and O–H groups in total. The van der Waals surface area contributed by atoms with E-state index >= 15 is 0 Å². The highest BCUT2D eigenvalue weighted by Gasteiger charge is 2.25. The first-order chi connectivity index (χ1) is 15.0. The molecule has 2 atom stereocenters. The SMILES string of the molecule is CN1CCC(NC(O)c2ccc(-n3ncc(-c4ccc(C#N)cc4)c3O)nc2)CC1=O. The Morgan fingerprint density at radius 1 is 1.23 bits per heavy atom. The number of nitrogens with one attached hydrogen (secondary N) is 1. The second kappa shape index (κ2) is 8.55. The summed E-state index contributed by atoms with van der Waals surface area (Å²) in [6, 6.07) is 12.1. The molecular weight excluding hydrogens is 396 g/mol. The molecule has 9 nitrogen and oxygen atoms in total. The maximum atomic E-state index is 11.8. The van der Waals surface area contributed by atoms with Crippen LogP contribution in [0.5, 0.6) is 5.88 Å². The number of rotatable bonds is 5. The third-order valence-corrected chi connectivity index (χ3v) is 5.43. The van der Waals surface area contributed by atoms with Gasteiger partial charge in [-0.2, -0.15) is 15.0 Å². The van der Waals surface area contributed by atoms with Crippen molar-refractivity contribution in [1.29, 1.82) is 5.26 Å². The lowest BCUT2D eigenvalue weighted by Crippen LogP contribution is -2.45. The maximum Gasteiger partial charge on any atom is 0.223 e. The van der Waals surface area contributed by atoms with E-state index in [4.69, 9.17) is 5.26 Å². The smallest absolute Gasteiger partial charge is 0.223 e. The lowest BCUT2D eigenvalue weighted by atomic mass is 10.0. The van der Waals surface area contributed by atoms with Gasteiger partial charge in [0.25, 0.3) is 0 Å². The Labute approximate surface area is 179 Å². The van der Waals surface area contributed by atoms with Crippen molar-refractivity contribution >= 4 is 5.91 Å². The Hall–Kier alpha value is -3.74. The number of nitrogens with zero attached hydrogens (tertiary/aromatic N) is 5. The van der Waals surface area contributed by atoms with Crippen molar-refractivity contribution in [3.05, 3.63) is 59.9 Å². The van der Waals surface area contributed by atoms with Gasteiger partial charge in [-0.1, -0.05) is 12.1 Å². The molecular formula is C22H22N6O3. The summed E-state index contributed by atoms with van der Waals surface area (Å²) in [4.78, 5) is 17.8. The van der Waals surface area contributed by atoms with Crippen LogP contribution in [0.3, 0.4) is 0 Å². The summed E-state index contributed by atoms with van der Waals surface area (Å²) in [5.41, 5.74) is 2.33. The third-order valence-electron chi connectivity index (χ3n) is 5.43. The standard InChI is InChI=1S/C22H22N6O3/c1-27-9-8-17(10-20(27)29)26-21(30)16-6-7-19(24-12-16)28-22(31)18(13-25-28)15-4-2-14(11-23)3-5-15/h2-7,12-13,17,21,26,30-31H,8-10H2,1H3. The summed E-state index contributed by atoms with van der Waals surface area (Å²) in [6.45, 7) is 0.653. The molecule has 1 aromatic carbocycles. The van der Waals surface area contributed by atoms with Crippen molar-refractivity contribution in [3.8, 4) is 28.9 Å². The summed E-state index contributed by atoms with van der Waals surface area (Å²) in [5, 5.41) is 37.3. The van der Waals surface area contributed by atoms with Gasteiger partial charge in [-0.25, -0.2) is 4.98 Å². The Bertz CT molecular complexity index is 1120. The van der Waals surface area contributed by atoms with Crippen molar-refractivity contribution in [1.82, 2.24) is 25.0 Å². The van der Waals surface area contributed by atoms with Crippen molar-refractivity contribution in [2.75, 3.05) is 13.6 Å². The van der Waals surface area contributed by atoms with Crippen LogP contribution in [0.15, 0.2) is 48.8 Å². The van der Waals surface area contributed by atoms with Gasteiger partial charge in [0.1, 0.15) is 6.23 Å². The van der Waals surface area contributed by atoms with Gasteiger partial charge in [0.05, 0.1) is 23.4 Å². The van der Waals surface area contributed by atoms with Crippen LogP contribution in [0, 0.1) is 11.3 Å². The molecule has 0 bridgehead atoms. The summed E-state index contributed by atoms with van der Waals surface area (Å²) >= 11 is 0. The molecule has 1 aliphatic rings. The first-order valence-electron chi connectivity index (χ1n) is 9.88. The molecule has 2 aromatic heterocycles. The zero-order valence-electron chi connectivity index (χ0n) is 16.9. The van der Waals surface area contributed by atoms with Crippen LogP contribution >= 0.6 is 0 Å². The largest absolute Gasteiger partial charge is 0.493 e. The Morgan fingerprint density at radius 3 is 2.65 bits per heavy atom. The number of hydrogen-bond acceptors (Lipinski definition) is 7. The summed E-state index contributed by atoms with van der Waals surface area (Å²) in [6.07, 6.45) is 3.19. The van der Waals surface area contributed by atoms with Gasteiger partial charge in [0, 0.05) is 37.8 Å². The molecule has 1 amide bonds. The number of pyridine rings is 1. The van der Waals surface area contributed by atoms with Crippen molar-refractivity contribution in [2.45, 2.75) is 25.1 Å². The minimum Gasteiger partial charge on any atom is -0.493 e. The van der Waals surface area contributed by atoms with Gasteiger partial charge in [-0.3, -0.25) is 10.1 Å². The van der Waals surface area contributed by atoms with Crippen molar-refractivity contribution < 1.29 is 15.0 Å². The van der Waals surface area contributed by atoms with E-state index in [0.29, 0.717) is 35.5 Å². The maximum absolute atomic E-state index is 11.8. The van der Waals surface area contributed by atoms with Crippen LogP contribution < -0.4 is 5.32 Å². The minimum atomic E-state index is -0.955. The molecule has 3 aromatic rings. The number of aromatic nitrogens is 3. The number of benzene rings is 1. The number of hydrogen-bond donors (Lipinski definition) is 3. The third kappa shape index (κ3) is 4.26. The first-order valence-corrected chi connectivity index (χ1v) is 9.88. The Morgan fingerprint density at radius 2 is 2.00 bits per heavy atom. The molecule has 0 radical (unpaired) electrons. The van der Waals surface area contributed by atoms with Gasteiger partial charge in [0.15, 0.2) is 5.82 Å². The predicted octanol–water partition coefficient (Wildman–Crippen LogP) is 1.71. The molecule has 0 saturated carbocycles. The summed E-state index contributed by atoms with van der Waals surface area (Å²) in [7, 11) is 1.77. The molecule has 4 rings (SSSR count). The second-order valence-electron chi connectivity index (χ2n) is 7.51. The number of aliphatic hydroxyl groups excluding tert-OH is 1. The van der Waals surface area contributed by atoms with Crippen molar-refractivity contribution in [2.24, 2.45) is 0 Å². The molecule has 1 saturated heterocycles. The average molecular weight is 418 g/mol. The lowest BCUT2D eigenvalue weighted by molar-refractivity contribution is -0.132. The van der Waals surface area contributed by atoms with E-state index in [1.165, 1.54) is 17.1 Å². The Kier molecular flexibility index (Phi) is 5.66. The lowest BCUT2D eigenvalue weighted by Gasteiger charge is -2.30. The zero-order valence-corrected chi connectivity index (χ0v) is 16.9. The van der Waals surface area contributed by atoms with Crippen LogP contribution in [0.4, 0.5) is 0 Å². The van der Waals surface area contributed by atoms with Gasteiger partial charge < -0.3 is 15.1 Å². The van der Waals surface area contributed by atoms with E-state index in [1.807, 2.05) is 0 Å². The number of aliphatic hydroxyl groups is 1. The van der Waals surface area contributed by atoms with E-state index in [9.17, 15) is 15.0 Å². The molecule has 1 aliphatic heterocycles. The Balaban J connectivity index is 1.47. The highest BCUT2D eigenvalue weighted by molar-refractivity contribution is 5.77. The average Bonchev–Trinajstić information content (AvgIpc) is 3.17. The van der Waals surface area contributed by atoms with Crippen LogP contribution in [0.2, 0.25) is 0 Å². The number of likely N-dealkylation sites (tertiary alicyclic amines) is 1. The van der Waals surface area contributed by atoms with Gasteiger partial charge in [0.2, 0.25) is 11.8 Å². The number of nitriles is 1. The van der Waals surface area contributed by atoms with Crippen LogP contribution in [0.25, 0.3) is 16.9 Å². The second-order valence-corrected chi connectivity index (χ2v) is 7.51. The predicted molar refractivity (Wildman–Crippen MR) is 112 cm³/mol. The molecule has 0 spiro atoms. The number of amides is 1. The number of carbonyl (C=O) groups excluding carboxylic acids is 1. The summed E-state index contributed by atoms with van der Waals surface area (Å²) < 4.78 is 1.30. The molecule has 2 unspecified atom stereocenters. The quantitative estimate of drug-likeness (QED) is 0.538. The van der Waals surface area contributed by atoms with Gasteiger partial charge >= 0.3 is 0 Å². The molecule has 31 heavy (non-hydrogen) atoms. The van der Waals surface area contributed by atoms with E-state index in [-0.39, 0.29) is 17.8 Å². The monoisotopic (exact) mass is 418 g/mol. The number of piperidine rings is 1. The van der Waals surface area contributed by atoms with E-state index in [0.717, 1.165) is 12.0 Å². The number of aromatic hydroxyl groups is 1. The fourth-order valence-corrected chi connectivity index (χ4v) is 3.53. The molecule has 9 heteroatoms. The number of carbonyl (C=O) groups is 1.